The fraction of sp³-hybridized carbons (Fsp3) is 0.250. The third-order valence-corrected chi connectivity index (χ3v) is 1.41. The molecule has 1 radical (unpaired) electrons. The van der Waals surface area contributed by atoms with Crippen molar-refractivity contribution in [1.82, 2.24) is 0 Å². The van der Waals surface area contributed by atoms with Gasteiger partial charge in [0.05, 0.1) is 0 Å². The minimum atomic E-state index is -0.124. The Labute approximate surface area is 91.1 Å². The summed E-state index contributed by atoms with van der Waals surface area (Å²) in [6.45, 7) is 1.62. The van der Waals surface area contributed by atoms with E-state index in [4.69, 9.17) is 5.11 Å². The van der Waals surface area contributed by atoms with Gasteiger partial charge in [-0.3, -0.25) is 0 Å². The van der Waals surface area contributed by atoms with E-state index in [9.17, 15) is 5.11 Å². The molecule has 3 heteroatoms. The van der Waals surface area contributed by atoms with Crippen LogP contribution < -0.4 is 0 Å². The summed E-state index contributed by atoms with van der Waals surface area (Å²) in [5.74, 6) is 0.144. The Bertz CT molecular complexity index is 236. The van der Waals surface area contributed by atoms with Crippen LogP contribution in [0.5, 0.6) is 5.75 Å². The van der Waals surface area contributed by atoms with Gasteiger partial charge >= 0.3 is 0 Å². The van der Waals surface area contributed by atoms with Crippen LogP contribution in [-0.4, -0.2) is 10.2 Å². The molecule has 1 rings (SSSR count). The molecule has 2 N–H and O–H groups in total. The van der Waals surface area contributed by atoms with Crippen molar-refractivity contribution in [1.29, 1.82) is 0 Å². The first-order chi connectivity index (χ1) is 4.75. The summed E-state index contributed by atoms with van der Waals surface area (Å²) in [5.41, 5.74) is 1.22. The van der Waals surface area contributed by atoms with Gasteiger partial charge in [0.15, 0.2) is 0 Å². The molecule has 1 aromatic rings. The summed E-state index contributed by atoms with van der Waals surface area (Å²) in [6.07, 6.45) is 0. The van der Waals surface area contributed by atoms with E-state index < -0.39 is 0 Å². The number of benzene rings is 1. The maximum absolute atomic E-state index is 9.21. The predicted molar refractivity (Wildman–Crippen MR) is 37.6 cm³/mol. The fourth-order valence-electron chi connectivity index (χ4n) is 0.783. The second-order valence-electron chi connectivity index (χ2n) is 2.13. The van der Waals surface area contributed by atoms with Gasteiger partial charge in [0.25, 0.3) is 0 Å². The van der Waals surface area contributed by atoms with E-state index in [1.165, 1.54) is 0 Å². The number of aliphatic hydroxyl groups excluding tert-OH is 1. The van der Waals surface area contributed by atoms with Crippen molar-refractivity contribution in [2.75, 3.05) is 0 Å². The zero-order valence-corrected chi connectivity index (χ0v) is 9.17. The van der Waals surface area contributed by atoms with Crippen LogP contribution in [-0.2, 0) is 39.3 Å². The molecule has 0 saturated heterocycles. The smallest absolute Gasteiger partial charge is 0.0494 e. The number of rotatable bonds is 1. The zero-order chi connectivity index (χ0) is 7.56. The Balaban J connectivity index is 0.000001000. The fourth-order valence-corrected chi connectivity index (χ4v) is 0.783. The van der Waals surface area contributed by atoms with Crippen LogP contribution in [0.25, 0.3) is 0 Å². The van der Waals surface area contributed by atoms with Crippen molar-refractivity contribution in [3.05, 3.63) is 29.3 Å². The summed E-state index contributed by atoms with van der Waals surface area (Å²) >= 11 is 0. The molecule has 57 valence electrons. The van der Waals surface area contributed by atoms with E-state index >= 15 is 0 Å². The average Bonchev–Trinajstić information content (AvgIpc) is 1.95. The number of phenols is 1. The van der Waals surface area contributed by atoms with E-state index in [-0.39, 0.29) is 45.1 Å². The van der Waals surface area contributed by atoms with Crippen LogP contribution in [0.15, 0.2) is 12.1 Å². The van der Waals surface area contributed by atoms with Gasteiger partial charge in [-0.05, 0) is 0 Å². The van der Waals surface area contributed by atoms with Crippen LogP contribution >= 0.6 is 0 Å². The molecule has 0 amide bonds. The van der Waals surface area contributed by atoms with Crippen molar-refractivity contribution in [3.63, 3.8) is 0 Å². The third-order valence-electron chi connectivity index (χ3n) is 1.41. The monoisotopic (exact) mass is 226 g/mol. The van der Waals surface area contributed by atoms with Crippen LogP contribution in [0.2, 0.25) is 0 Å². The number of hydrogen-bond donors (Lipinski definition) is 2. The molecule has 0 atom stereocenters. The van der Waals surface area contributed by atoms with E-state index in [1.807, 2.05) is 0 Å². The molecule has 0 fully saturated rings. The summed E-state index contributed by atoms with van der Waals surface area (Å²) in [6, 6.07) is 6.14. The molecule has 0 heterocycles. The Morgan fingerprint density at radius 1 is 1.55 bits per heavy atom. The van der Waals surface area contributed by atoms with Crippen LogP contribution in [0, 0.1) is 13.0 Å². The van der Waals surface area contributed by atoms with Gasteiger partial charge in [0.2, 0.25) is 0 Å². The summed E-state index contributed by atoms with van der Waals surface area (Å²) in [5, 5.41) is 17.9. The topological polar surface area (TPSA) is 40.5 Å². The Morgan fingerprint density at radius 2 is 2.18 bits per heavy atom. The second-order valence-corrected chi connectivity index (χ2v) is 2.13. The van der Waals surface area contributed by atoms with Crippen molar-refractivity contribution in [2.24, 2.45) is 0 Å². The predicted octanol–water partition coefficient (Wildman–Crippen LogP) is 0.991. The first kappa shape index (κ1) is 11.1. The standard InChI is InChI=1S/C8H9O2.Y/c1-6-3-2-4-7(5-9)8(6)10;/h2,4,9-10H,5H2,1H3;/q-1;. The Kier molecular flexibility index (Phi) is 4.90. The number of aliphatic hydroxyl groups is 1. The van der Waals surface area contributed by atoms with Crippen molar-refractivity contribution >= 4 is 0 Å². The van der Waals surface area contributed by atoms with Crippen molar-refractivity contribution < 1.29 is 42.9 Å². The molecule has 0 spiro atoms. The molecule has 0 saturated carbocycles. The SMILES string of the molecule is Cc1[c-]ccc(CO)c1O.[Y]. The number of aryl methyl sites for hydroxylation is 1. The molecular formula is C8H9O2Y-. The van der Waals surface area contributed by atoms with Gasteiger partial charge in [0.1, 0.15) is 0 Å². The largest absolute Gasteiger partial charge is 0.565 e. The van der Waals surface area contributed by atoms with Crippen molar-refractivity contribution in [2.45, 2.75) is 13.5 Å². The molecular weight excluding hydrogens is 217 g/mol. The molecule has 11 heavy (non-hydrogen) atoms. The van der Waals surface area contributed by atoms with E-state index in [0.717, 1.165) is 0 Å². The Hall–Kier alpha value is 0.0839. The summed E-state index contributed by atoms with van der Waals surface area (Å²) in [7, 11) is 0. The van der Waals surface area contributed by atoms with E-state index in [2.05, 4.69) is 6.07 Å². The molecule has 0 aliphatic carbocycles. The van der Waals surface area contributed by atoms with Crippen LogP contribution in [0.4, 0.5) is 0 Å². The van der Waals surface area contributed by atoms with Gasteiger partial charge in [-0.15, -0.1) is 5.56 Å². The van der Waals surface area contributed by atoms with Gasteiger partial charge in [0, 0.05) is 45.1 Å². The molecule has 2 nitrogen and oxygen atoms in total. The molecule has 0 aromatic heterocycles. The number of hydrogen-bond acceptors (Lipinski definition) is 2. The summed E-state index contributed by atoms with van der Waals surface area (Å²) < 4.78 is 0. The van der Waals surface area contributed by atoms with E-state index in [0.29, 0.717) is 11.1 Å². The van der Waals surface area contributed by atoms with E-state index in [1.54, 1.807) is 19.1 Å². The average molecular weight is 226 g/mol. The first-order valence-electron chi connectivity index (χ1n) is 3.05. The van der Waals surface area contributed by atoms with Gasteiger partial charge in [-0.25, -0.2) is 0 Å². The minimum Gasteiger partial charge on any atom is -0.565 e. The van der Waals surface area contributed by atoms with Crippen LogP contribution in [0.3, 0.4) is 0 Å². The van der Waals surface area contributed by atoms with Gasteiger partial charge in [-0.2, -0.15) is 18.2 Å². The van der Waals surface area contributed by atoms with Gasteiger partial charge in [-0.1, -0.05) is 12.5 Å². The molecule has 1 aromatic carbocycles. The molecule has 0 aliphatic heterocycles. The first-order valence-corrected chi connectivity index (χ1v) is 3.05. The Morgan fingerprint density at radius 3 is 2.64 bits per heavy atom. The quantitative estimate of drug-likeness (QED) is 0.701. The minimum absolute atomic E-state index is 0. The summed E-state index contributed by atoms with van der Waals surface area (Å²) in [4.78, 5) is 0. The third kappa shape index (κ3) is 2.55. The zero-order valence-electron chi connectivity index (χ0n) is 6.33. The van der Waals surface area contributed by atoms with Crippen LogP contribution in [0.1, 0.15) is 11.1 Å². The normalized spacial score (nSPS) is 8.91. The molecule has 0 unspecified atom stereocenters. The molecule has 0 aliphatic rings. The van der Waals surface area contributed by atoms with Crippen molar-refractivity contribution in [3.8, 4) is 5.75 Å². The molecule has 0 bridgehead atoms. The maximum Gasteiger partial charge on any atom is 0.0494 e. The van der Waals surface area contributed by atoms with Gasteiger partial charge < -0.3 is 10.2 Å². The number of aromatic hydroxyl groups is 1. The second kappa shape index (κ2) is 4.86. The maximum atomic E-state index is 9.21.